The molecule has 0 bridgehead atoms. The molecule has 1 saturated carbocycles. The normalized spacial score (nSPS) is 22.2. The predicted molar refractivity (Wildman–Crippen MR) is 74.9 cm³/mol. The van der Waals surface area contributed by atoms with Crippen molar-refractivity contribution in [3.8, 4) is 6.07 Å². The highest BCUT2D eigenvalue weighted by Gasteiger charge is 2.31. The van der Waals surface area contributed by atoms with Gasteiger partial charge in [-0.15, -0.1) is 0 Å². The molecule has 5 heteroatoms. The molecule has 0 aliphatic heterocycles. The molecule has 2 N–H and O–H groups in total. The minimum atomic E-state index is -0.275. The number of benzene rings is 1. The summed E-state index contributed by atoms with van der Waals surface area (Å²) >= 11 is 3.22. The quantitative estimate of drug-likeness (QED) is 0.920. The van der Waals surface area contributed by atoms with Crippen molar-refractivity contribution in [2.45, 2.75) is 25.4 Å². The van der Waals surface area contributed by atoms with Gasteiger partial charge in [-0.2, -0.15) is 5.26 Å². The molecule has 1 aromatic heterocycles. The van der Waals surface area contributed by atoms with Crippen LogP contribution in [0, 0.1) is 23.1 Å². The van der Waals surface area contributed by atoms with Crippen LogP contribution in [0.2, 0.25) is 0 Å². The largest absolute Gasteiger partial charge is 0.344 e. The van der Waals surface area contributed by atoms with E-state index in [4.69, 9.17) is 11.0 Å². The third-order valence-corrected chi connectivity index (χ3v) is 4.47. The Hall–Kier alpha value is -1.38. The van der Waals surface area contributed by atoms with Crippen molar-refractivity contribution >= 4 is 26.8 Å². The first-order valence-electron chi connectivity index (χ1n) is 6.22. The third kappa shape index (κ3) is 1.96. The van der Waals surface area contributed by atoms with E-state index in [9.17, 15) is 4.39 Å². The Kier molecular flexibility index (Phi) is 3.08. The van der Waals surface area contributed by atoms with Crippen molar-refractivity contribution in [3.63, 3.8) is 0 Å². The van der Waals surface area contributed by atoms with Crippen LogP contribution >= 0.6 is 15.9 Å². The average Bonchev–Trinajstić information content (AvgIpc) is 2.67. The van der Waals surface area contributed by atoms with Crippen molar-refractivity contribution in [1.82, 2.24) is 4.57 Å². The van der Waals surface area contributed by atoms with Crippen LogP contribution < -0.4 is 5.73 Å². The molecule has 2 aromatic rings. The molecule has 1 aliphatic rings. The summed E-state index contributed by atoms with van der Waals surface area (Å²) in [6.45, 7) is 0.388. The first-order chi connectivity index (χ1) is 9.13. The highest BCUT2D eigenvalue weighted by atomic mass is 79.9. The van der Waals surface area contributed by atoms with Crippen molar-refractivity contribution in [1.29, 1.82) is 5.26 Å². The van der Waals surface area contributed by atoms with Gasteiger partial charge in [0.25, 0.3) is 0 Å². The van der Waals surface area contributed by atoms with Gasteiger partial charge in [-0.25, -0.2) is 4.39 Å². The fourth-order valence-electron chi connectivity index (χ4n) is 2.70. The fraction of sp³-hybridized carbons (Fsp3) is 0.357. The lowest BCUT2D eigenvalue weighted by atomic mass is 9.81. The number of nitrogens with zero attached hydrogens (tertiary/aromatic N) is 2. The second-order valence-corrected chi connectivity index (χ2v) is 5.85. The summed E-state index contributed by atoms with van der Waals surface area (Å²) in [6.07, 6.45) is 3.72. The molecule has 3 nitrogen and oxygen atoms in total. The summed E-state index contributed by atoms with van der Waals surface area (Å²) in [5.41, 5.74) is 7.66. The van der Waals surface area contributed by atoms with Crippen LogP contribution in [0.25, 0.3) is 10.9 Å². The van der Waals surface area contributed by atoms with Gasteiger partial charge in [0.05, 0.1) is 16.5 Å². The topological polar surface area (TPSA) is 54.7 Å². The molecule has 98 valence electrons. The lowest BCUT2D eigenvalue weighted by molar-refractivity contribution is 0.254. The molecule has 0 amide bonds. The van der Waals surface area contributed by atoms with Crippen molar-refractivity contribution < 1.29 is 4.39 Å². The minimum absolute atomic E-state index is 0.146. The maximum atomic E-state index is 13.6. The highest BCUT2D eigenvalue weighted by Crippen LogP contribution is 2.40. The molecule has 0 spiro atoms. The zero-order chi connectivity index (χ0) is 13.6. The van der Waals surface area contributed by atoms with Gasteiger partial charge in [-0.05, 0) is 46.5 Å². The number of rotatable bonds is 2. The van der Waals surface area contributed by atoms with Crippen LogP contribution in [0.5, 0.6) is 0 Å². The van der Waals surface area contributed by atoms with Gasteiger partial charge >= 0.3 is 0 Å². The summed E-state index contributed by atoms with van der Waals surface area (Å²) in [5, 5.41) is 9.72. The van der Waals surface area contributed by atoms with Crippen LogP contribution in [-0.2, 0) is 6.54 Å². The maximum absolute atomic E-state index is 13.6. The zero-order valence-electron chi connectivity index (χ0n) is 10.2. The SMILES string of the molecule is N#CC1CC(n2cc(CN)c3cc(F)c(Br)cc32)C1. The van der Waals surface area contributed by atoms with Gasteiger partial charge in [0, 0.05) is 29.7 Å². The summed E-state index contributed by atoms with van der Waals surface area (Å²) in [7, 11) is 0. The minimum Gasteiger partial charge on any atom is -0.344 e. The van der Waals surface area contributed by atoms with Crippen molar-refractivity contribution in [3.05, 3.63) is 34.2 Å². The molecule has 1 aromatic carbocycles. The Bertz CT molecular complexity index is 680. The monoisotopic (exact) mass is 321 g/mol. The Labute approximate surface area is 118 Å². The van der Waals surface area contributed by atoms with E-state index < -0.39 is 0 Å². The van der Waals surface area contributed by atoms with E-state index in [-0.39, 0.29) is 11.7 Å². The van der Waals surface area contributed by atoms with E-state index >= 15 is 0 Å². The van der Waals surface area contributed by atoms with Gasteiger partial charge in [-0.1, -0.05) is 0 Å². The van der Waals surface area contributed by atoms with Gasteiger partial charge in [0.2, 0.25) is 0 Å². The van der Waals surface area contributed by atoms with Gasteiger partial charge in [0.15, 0.2) is 0 Å². The molecule has 1 heterocycles. The van der Waals surface area contributed by atoms with E-state index in [1.54, 1.807) is 6.07 Å². The standard InChI is InChI=1S/C14H13BrFN3/c15-12-4-14-11(3-13(12)16)9(6-18)7-19(14)10-1-8(2-10)5-17/h3-4,7-8,10H,1-2,6,18H2. The zero-order valence-corrected chi connectivity index (χ0v) is 11.8. The van der Waals surface area contributed by atoms with E-state index in [0.717, 1.165) is 29.3 Å². The maximum Gasteiger partial charge on any atom is 0.138 e. The number of halogens is 2. The highest BCUT2D eigenvalue weighted by molar-refractivity contribution is 9.10. The van der Waals surface area contributed by atoms with Crippen LogP contribution in [0.4, 0.5) is 4.39 Å². The Morgan fingerprint density at radius 2 is 2.21 bits per heavy atom. The molecular weight excluding hydrogens is 309 g/mol. The molecule has 0 radical (unpaired) electrons. The van der Waals surface area contributed by atoms with E-state index in [2.05, 4.69) is 26.6 Å². The second-order valence-electron chi connectivity index (χ2n) is 5.00. The number of aromatic nitrogens is 1. The number of hydrogen-bond donors (Lipinski definition) is 1. The Morgan fingerprint density at radius 3 is 2.84 bits per heavy atom. The number of hydrogen-bond acceptors (Lipinski definition) is 2. The fourth-order valence-corrected chi connectivity index (χ4v) is 3.03. The summed E-state index contributed by atoms with van der Waals surface area (Å²) in [5.74, 6) is -0.129. The third-order valence-electron chi connectivity index (χ3n) is 3.87. The second kappa shape index (κ2) is 4.62. The van der Waals surface area contributed by atoms with Crippen molar-refractivity contribution in [2.75, 3.05) is 0 Å². The number of fused-ring (bicyclic) bond motifs is 1. The number of nitriles is 1. The lowest BCUT2D eigenvalue weighted by Gasteiger charge is -2.32. The van der Waals surface area contributed by atoms with Crippen molar-refractivity contribution in [2.24, 2.45) is 11.7 Å². The molecule has 0 atom stereocenters. The van der Waals surface area contributed by atoms with Crippen LogP contribution in [0.15, 0.2) is 22.8 Å². The van der Waals surface area contributed by atoms with E-state index in [1.807, 2.05) is 6.20 Å². The molecule has 1 fully saturated rings. The van der Waals surface area contributed by atoms with E-state index in [1.165, 1.54) is 6.07 Å². The van der Waals surface area contributed by atoms with Gasteiger partial charge < -0.3 is 10.3 Å². The summed E-state index contributed by atoms with van der Waals surface area (Å²) in [6, 6.07) is 5.93. The average molecular weight is 322 g/mol. The Morgan fingerprint density at radius 1 is 1.47 bits per heavy atom. The van der Waals surface area contributed by atoms with Gasteiger partial charge in [-0.3, -0.25) is 0 Å². The van der Waals surface area contributed by atoms with Crippen LogP contribution in [-0.4, -0.2) is 4.57 Å². The number of nitrogens with two attached hydrogens (primary N) is 1. The first kappa shape index (κ1) is 12.6. The first-order valence-corrected chi connectivity index (χ1v) is 7.01. The molecule has 0 unspecified atom stereocenters. The van der Waals surface area contributed by atoms with Crippen LogP contribution in [0.3, 0.4) is 0 Å². The Balaban J connectivity index is 2.10. The van der Waals surface area contributed by atoms with E-state index in [0.29, 0.717) is 17.1 Å². The van der Waals surface area contributed by atoms with Gasteiger partial charge in [0.1, 0.15) is 5.82 Å². The summed E-state index contributed by atoms with van der Waals surface area (Å²) < 4.78 is 16.2. The molecule has 0 saturated heterocycles. The molecule has 3 rings (SSSR count). The predicted octanol–water partition coefficient (Wildman–Crippen LogP) is 3.48. The molecule has 19 heavy (non-hydrogen) atoms. The lowest BCUT2D eigenvalue weighted by Crippen LogP contribution is -2.25. The molecular formula is C14H13BrFN3. The smallest absolute Gasteiger partial charge is 0.138 e. The summed E-state index contributed by atoms with van der Waals surface area (Å²) in [4.78, 5) is 0. The van der Waals surface area contributed by atoms with Crippen LogP contribution in [0.1, 0.15) is 24.4 Å². The molecule has 1 aliphatic carbocycles.